The number of amides is 2. The third-order valence-corrected chi connectivity index (χ3v) is 11.1. The van der Waals surface area contributed by atoms with Crippen molar-refractivity contribution < 1.29 is 14.3 Å². The molecule has 55 heavy (non-hydrogen) atoms. The van der Waals surface area contributed by atoms with E-state index in [1.807, 2.05) is 48.1 Å². The number of rotatable bonds is 13. The number of nitrogens with one attached hydrogen (secondary N) is 3. The minimum Gasteiger partial charge on any atom is -0.381 e. The molecule has 0 unspecified atom stereocenters. The number of piperidine rings is 1. The molecule has 4 heterocycles. The molecular formula is C44H52ClN7O3. The molecule has 2 saturated heterocycles. The second-order valence-electron chi connectivity index (χ2n) is 14.8. The molecule has 3 aromatic carbocycles. The fraction of sp³-hybridized carbons (Fsp3) is 0.409. The van der Waals surface area contributed by atoms with Gasteiger partial charge in [-0.15, -0.1) is 0 Å². The highest BCUT2D eigenvalue weighted by atomic mass is 35.5. The molecule has 3 N–H and O–H groups in total. The van der Waals surface area contributed by atoms with Gasteiger partial charge in [-0.2, -0.15) is 5.10 Å². The van der Waals surface area contributed by atoms with Gasteiger partial charge in [0.1, 0.15) is 0 Å². The summed E-state index contributed by atoms with van der Waals surface area (Å²) in [5.41, 5.74) is 9.55. The molecule has 2 aliphatic rings. The van der Waals surface area contributed by atoms with E-state index in [0.29, 0.717) is 48.9 Å². The van der Waals surface area contributed by atoms with Crippen LogP contribution in [0.25, 0.3) is 22.2 Å². The summed E-state index contributed by atoms with van der Waals surface area (Å²) in [5.74, 6) is -0.511. The van der Waals surface area contributed by atoms with Crippen LogP contribution in [0.1, 0.15) is 94.6 Å². The van der Waals surface area contributed by atoms with Gasteiger partial charge in [0.15, 0.2) is 5.65 Å². The molecule has 2 amide bonds. The van der Waals surface area contributed by atoms with E-state index in [0.717, 1.165) is 82.7 Å². The quantitative estimate of drug-likeness (QED) is 0.111. The average molecular weight is 762 g/mol. The summed E-state index contributed by atoms with van der Waals surface area (Å²) >= 11 is 6.71. The monoisotopic (exact) mass is 761 g/mol. The molecule has 11 heteroatoms. The van der Waals surface area contributed by atoms with Gasteiger partial charge in [0, 0.05) is 78.4 Å². The van der Waals surface area contributed by atoms with Crippen molar-refractivity contribution in [3.05, 3.63) is 111 Å². The van der Waals surface area contributed by atoms with Gasteiger partial charge in [0.2, 0.25) is 0 Å². The zero-order valence-electron chi connectivity index (χ0n) is 32.2. The maximum atomic E-state index is 13.7. The highest BCUT2D eigenvalue weighted by Gasteiger charge is 2.23. The third kappa shape index (κ3) is 9.20. The molecule has 10 nitrogen and oxygen atoms in total. The molecule has 2 fully saturated rings. The van der Waals surface area contributed by atoms with E-state index in [1.54, 1.807) is 6.07 Å². The fourth-order valence-electron chi connectivity index (χ4n) is 7.82. The van der Waals surface area contributed by atoms with Crippen LogP contribution in [0.5, 0.6) is 0 Å². The zero-order chi connectivity index (χ0) is 38.3. The van der Waals surface area contributed by atoms with Gasteiger partial charge in [0.05, 0.1) is 17.3 Å². The summed E-state index contributed by atoms with van der Waals surface area (Å²) in [5, 5.41) is 16.2. The first-order valence-corrected chi connectivity index (χ1v) is 20.2. The van der Waals surface area contributed by atoms with E-state index in [9.17, 15) is 9.59 Å². The lowest BCUT2D eigenvalue weighted by molar-refractivity contribution is 0.0904. The zero-order valence-corrected chi connectivity index (χ0v) is 33.0. The number of benzene rings is 3. The van der Waals surface area contributed by atoms with E-state index >= 15 is 0 Å². The number of anilines is 1. The van der Waals surface area contributed by atoms with Crippen molar-refractivity contribution in [2.75, 3.05) is 31.6 Å². The van der Waals surface area contributed by atoms with Crippen LogP contribution >= 0.6 is 11.6 Å². The number of ether oxygens (including phenoxy) is 1. The fourth-order valence-corrected chi connectivity index (χ4v) is 8.04. The van der Waals surface area contributed by atoms with Gasteiger partial charge in [-0.1, -0.05) is 49.2 Å². The molecule has 2 aromatic heterocycles. The lowest BCUT2D eigenvalue weighted by Gasteiger charge is -2.26. The Morgan fingerprint density at radius 2 is 1.64 bits per heavy atom. The molecule has 0 saturated carbocycles. The standard InChI is InChI=1S/C44H52ClN7O3/c1-4-40-37(41(49-35-14-18-55-19-15-35)38-27-48-52(5-2)42(38)50-40)26-47-44(54)34-21-29(3)20-33(24-34)43(53)46-25-30-12-13-39(45)36(23-30)32-11-9-10-31(22-32)28-51-16-7-6-8-17-51/h9-13,20-24,27,35H,4-8,14-19,25-26,28H2,1-3H3,(H,46,53)(H,47,54)(H,49,50). The van der Waals surface area contributed by atoms with E-state index in [-0.39, 0.29) is 24.4 Å². The maximum absolute atomic E-state index is 13.7. The Bertz CT molecular complexity index is 2150. The van der Waals surface area contributed by atoms with Gasteiger partial charge in [-0.25, -0.2) is 9.67 Å². The van der Waals surface area contributed by atoms with Gasteiger partial charge >= 0.3 is 0 Å². The molecular weight excluding hydrogens is 710 g/mol. The van der Waals surface area contributed by atoms with E-state index < -0.39 is 0 Å². The Morgan fingerprint density at radius 1 is 0.891 bits per heavy atom. The molecule has 0 bridgehead atoms. The van der Waals surface area contributed by atoms with Crippen LogP contribution in [0.15, 0.2) is 66.9 Å². The second kappa shape index (κ2) is 17.8. The van der Waals surface area contributed by atoms with Crippen LogP contribution < -0.4 is 16.0 Å². The number of likely N-dealkylation sites (tertiary alicyclic amines) is 1. The highest BCUT2D eigenvalue weighted by Crippen LogP contribution is 2.32. The van der Waals surface area contributed by atoms with E-state index in [2.05, 4.69) is 64.1 Å². The molecule has 7 rings (SSSR count). The third-order valence-electron chi connectivity index (χ3n) is 10.8. The number of aryl methyl sites for hydroxylation is 3. The first-order chi connectivity index (χ1) is 26.8. The average Bonchev–Trinajstić information content (AvgIpc) is 3.63. The van der Waals surface area contributed by atoms with Gasteiger partial charge in [-0.3, -0.25) is 14.5 Å². The summed E-state index contributed by atoms with van der Waals surface area (Å²) in [6.07, 6.45) is 8.20. The molecule has 0 atom stereocenters. The molecule has 0 spiro atoms. The van der Waals surface area contributed by atoms with Crippen LogP contribution in [0.2, 0.25) is 5.02 Å². The van der Waals surface area contributed by atoms with Crippen LogP contribution in [0.4, 0.5) is 5.69 Å². The van der Waals surface area contributed by atoms with Crippen LogP contribution in [-0.4, -0.2) is 63.8 Å². The summed E-state index contributed by atoms with van der Waals surface area (Å²) in [6.45, 7) is 12.0. The summed E-state index contributed by atoms with van der Waals surface area (Å²) < 4.78 is 7.52. The smallest absolute Gasteiger partial charge is 0.251 e. The highest BCUT2D eigenvalue weighted by molar-refractivity contribution is 6.33. The van der Waals surface area contributed by atoms with Crippen LogP contribution in [0, 0.1) is 6.92 Å². The minimum absolute atomic E-state index is 0.251. The number of pyridine rings is 1. The SMILES string of the molecule is CCc1nc2c(cnn2CC)c(NC2CCOCC2)c1CNC(=O)c1cc(C)cc(C(=O)NCc2ccc(Cl)c(-c3cccc(CN4CCCCC4)c3)c2)c1. The number of nitrogens with zero attached hydrogens (tertiary/aromatic N) is 4. The first-order valence-electron chi connectivity index (χ1n) is 19.8. The number of hydrogen-bond acceptors (Lipinski definition) is 7. The molecule has 2 aliphatic heterocycles. The maximum Gasteiger partial charge on any atom is 0.251 e. The van der Waals surface area contributed by atoms with Crippen LogP contribution in [-0.2, 0) is 37.3 Å². The number of carbonyl (C=O) groups excluding carboxylic acids is 2. The van der Waals surface area contributed by atoms with Crippen molar-refractivity contribution in [1.82, 2.24) is 30.3 Å². The van der Waals surface area contributed by atoms with Crippen molar-refractivity contribution >= 4 is 40.1 Å². The summed E-state index contributed by atoms with van der Waals surface area (Å²) in [4.78, 5) is 34.8. The Hall–Kier alpha value is -4.77. The van der Waals surface area contributed by atoms with Crippen molar-refractivity contribution in [3.63, 3.8) is 0 Å². The summed E-state index contributed by atoms with van der Waals surface area (Å²) in [6, 6.07) is 20.0. The normalized spacial score (nSPS) is 15.3. The molecule has 0 aliphatic carbocycles. The van der Waals surface area contributed by atoms with Gasteiger partial charge in [-0.05, 0) is 118 Å². The largest absolute Gasteiger partial charge is 0.381 e. The van der Waals surface area contributed by atoms with E-state index in [4.69, 9.17) is 21.3 Å². The number of halogens is 1. The Morgan fingerprint density at radius 3 is 2.36 bits per heavy atom. The second-order valence-corrected chi connectivity index (χ2v) is 15.2. The number of fused-ring (bicyclic) bond motifs is 1. The number of carbonyl (C=O) groups is 2. The number of hydrogen-bond donors (Lipinski definition) is 3. The van der Waals surface area contributed by atoms with Crippen molar-refractivity contribution in [2.45, 2.75) is 91.5 Å². The predicted octanol–water partition coefficient (Wildman–Crippen LogP) is 8.08. The molecule has 0 radical (unpaired) electrons. The summed E-state index contributed by atoms with van der Waals surface area (Å²) in [7, 11) is 0. The Kier molecular flexibility index (Phi) is 12.5. The molecule has 5 aromatic rings. The lowest BCUT2D eigenvalue weighted by atomic mass is 10.00. The Balaban J connectivity index is 1.04. The molecule has 288 valence electrons. The van der Waals surface area contributed by atoms with Crippen LogP contribution in [0.3, 0.4) is 0 Å². The van der Waals surface area contributed by atoms with Gasteiger partial charge in [0.25, 0.3) is 11.8 Å². The van der Waals surface area contributed by atoms with Crippen molar-refractivity contribution in [3.8, 4) is 11.1 Å². The first kappa shape index (κ1) is 38.5. The minimum atomic E-state index is -0.258. The Labute approximate surface area is 329 Å². The van der Waals surface area contributed by atoms with Crippen molar-refractivity contribution in [2.24, 2.45) is 0 Å². The van der Waals surface area contributed by atoms with Crippen molar-refractivity contribution in [1.29, 1.82) is 0 Å². The lowest BCUT2D eigenvalue weighted by Crippen LogP contribution is -2.30. The van der Waals surface area contributed by atoms with E-state index in [1.165, 1.54) is 24.8 Å². The van der Waals surface area contributed by atoms with Gasteiger partial charge < -0.3 is 20.7 Å². The number of aromatic nitrogens is 3. The predicted molar refractivity (Wildman–Crippen MR) is 220 cm³/mol. The topological polar surface area (TPSA) is 113 Å².